The predicted octanol–water partition coefficient (Wildman–Crippen LogP) is 0.336. The SMILES string of the molecule is O=C(O)[C@@H](CO)NC(=O)N1CC=C(C(F)(F)F)CC1. The number of aliphatic hydroxyl groups excluding tert-OH is 1. The first-order chi connectivity index (χ1) is 8.75. The molecular formula is C10H13F3N2O4. The summed E-state index contributed by atoms with van der Waals surface area (Å²) < 4.78 is 37.0. The molecule has 108 valence electrons. The van der Waals surface area contributed by atoms with E-state index in [1.807, 2.05) is 5.32 Å². The number of hydrogen-bond donors (Lipinski definition) is 3. The summed E-state index contributed by atoms with van der Waals surface area (Å²) in [5.74, 6) is -1.42. The van der Waals surface area contributed by atoms with Gasteiger partial charge in [0.1, 0.15) is 0 Å². The van der Waals surface area contributed by atoms with E-state index in [1.165, 1.54) is 0 Å². The first-order valence-corrected chi connectivity index (χ1v) is 5.41. The quantitative estimate of drug-likeness (QED) is 0.651. The molecule has 2 amide bonds. The number of aliphatic hydroxyl groups is 1. The lowest BCUT2D eigenvalue weighted by atomic mass is 10.1. The minimum Gasteiger partial charge on any atom is -0.480 e. The van der Waals surface area contributed by atoms with Crippen molar-refractivity contribution in [2.24, 2.45) is 0 Å². The molecule has 0 saturated heterocycles. The molecular weight excluding hydrogens is 269 g/mol. The fraction of sp³-hybridized carbons (Fsp3) is 0.600. The van der Waals surface area contributed by atoms with Crippen molar-refractivity contribution in [3.63, 3.8) is 0 Å². The number of halogens is 3. The number of nitrogens with one attached hydrogen (secondary N) is 1. The fourth-order valence-electron chi connectivity index (χ4n) is 1.54. The molecule has 0 radical (unpaired) electrons. The Kier molecular flexibility index (Phi) is 4.76. The van der Waals surface area contributed by atoms with Gasteiger partial charge in [-0.25, -0.2) is 9.59 Å². The van der Waals surface area contributed by atoms with Crippen LogP contribution in [0.3, 0.4) is 0 Å². The molecule has 1 aliphatic heterocycles. The van der Waals surface area contributed by atoms with Gasteiger partial charge in [-0.05, 0) is 6.42 Å². The Morgan fingerprint density at radius 1 is 1.47 bits per heavy atom. The van der Waals surface area contributed by atoms with Gasteiger partial charge in [-0.15, -0.1) is 0 Å². The fourth-order valence-corrected chi connectivity index (χ4v) is 1.54. The minimum absolute atomic E-state index is 0.158. The van der Waals surface area contributed by atoms with Gasteiger partial charge in [-0.3, -0.25) is 0 Å². The molecule has 0 fully saturated rings. The monoisotopic (exact) mass is 282 g/mol. The van der Waals surface area contributed by atoms with Gasteiger partial charge in [0.15, 0.2) is 6.04 Å². The van der Waals surface area contributed by atoms with Gasteiger partial charge >= 0.3 is 18.2 Å². The van der Waals surface area contributed by atoms with E-state index < -0.39 is 36.4 Å². The molecule has 0 bridgehead atoms. The van der Waals surface area contributed by atoms with Crippen molar-refractivity contribution in [3.8, 4) is 0 Å². The number of rotatable bonds is 3. The molecule has 1 heterocycles. The van der Waals surface area contributed by atoms with Crippen LogP contribution in [-0.2, 0) is 4.79 Å². The maximum absolute atomic E-state index is 12.3. The van der Waals surface area contributed by atoms with Crippen LogP contribution < -0.4 is 5.32 Å². The first kappa shape index (κ1) is 15.3. The number of amides is 2. The highest BCUT2D eigenvalue weighted by molar-refractivity contribution is 5.82. The van der Waals surface area contributed by atoms with Gasteiger partial charge in [0.2, 0.25) is 0 Å². The van der Waals surface area contributed by atoms with E-state index in [2.05, 4.69) is 0 Å². The Bertz CT molecular complexity index is 395. The van der Waals surface area contributed by atoms with E-state index in [0.717, 1.165) is 11.0 Å². The molecule has 0 aromatic carbocycles. The lowest BCUT2D eigenvalue weighted by molar-refractivity contribution is -0.140. The van der Waals surface area contributed by atoms with Gasteiger partial charge in [-0.2, -0.15) is 13.2 Å². The highest BCUT2D eigenvalue weighted by Crippen LogP contribution is 2.30. The van der Waals surface area contributed by atoms with Gasteiger partial charge in [0.05, 0.1) is 6.61 Å². The van der Waals surface area contributed by atoms with Crippen LogP contribution in [0.15, 0.2) is 11.6 Å². The van der Waals surface area contributed by atoms with E-state index in [9.17, 15) is 22.8 Å². The second kappa shape index (κ2) is 5.91. The summed E-state index contributed by atoms with van der Waals surface area (Å²) in [6.07, 6.45) is -3.86. The van der Waals surface area contributed by atoms with E-state index in [-0.39, 0.29) is 19.5 Å². The Morgan fingerprint density at radius 3 is 2.47 bits per heavy atom. The van der Waals surface area contributed by atoms with Gasteiger partial charge in [0, 0.05) is 18.7 Å². The van der Waals surface area contributed by atoms with Crippen LogP contribution in [0.25, 0.3) is 0 Å². The Labute approximate surface area is 106 Å². The number of carboxylic acids is 1. The summed E-state index contributed by atoms with van der Waals surface area (Å²) in [6.45, 7) is -1.20. The summed E-state index contributed by atoms with van der Waals surface area (Å²) in [6, 6.07) is -2.29. The number of carboxylic acid groups (broad SMARTS) is 1. The molecule has 0 unspecified atom stereocenters. The number of hydrogen-bond acceptors (Lipinski definition) is 3. The molecule has 0 aromatic heterocycles. The lowest BCUT2D eigenvalue weighted by Crippen LogP contribution is -2.50. The lowest BCUT2D eigenvalue weighted by Gasteiger charge is -2.28. The number of aliphatic carboxylic acids is 1. The molecule has 3 N–H and O–H groups in total. The van der Waals surface area contributed by atoms with Crippen molar-refractivity contribution in [3.05, 3.63) is 11.6 Å². The molecule has 6 nitrogen and oxygen atoms in total. The smallest absolute Gasteiger partial charge is 0.412 e. The maximum Gasteiger partial charge on any atom is 0.412 e. The zero-order valence-electron chi connectivity index (χ0n) is 9.78. The molecule has 0 saturated carbocycles. The average molecular weight is 282 g/mol. The topological polar surface area (TPSA) is 89.9 Å². The summed E-state index contributed by atoms with van der Waals surface area (Å²) in [7, 11) is 0. The highest BCUT2D eigenvalue weighted by atomic mass is 19.4. The van der Waals surface area contributed by atoms with E-state index >= 15 is 0 Å². The van der Waals surface area contributed by atoms with Crippen LogP contribution in [-0.4, -0.2) is 59.0 Å². The van der Waals surface area contributed by atoms with Gasteiger partial charge in [-0.1, -0.05) is 6.08 Å². The molecule has 1 rings (SSSR count). The zero-order valence-corrected chi connectivity index (χ0v) is 9.78. The number of nitrogens with zero attached hydrogens (tertiary/aromatic N) is 1. The molecule has 19 heavy (non-hydrogen) atoms. The third-order valence-corrected chi connectivity index (χ3v) is 2.64. The summed E-state index contributed by atoms with van der Waals surface area (Å²) in [5, 5.41) is 19.3. The Hall–Kier alpha value is -1.77. The first-order valence-electron chi connectivity index (χ1n) is 5.41. The Morgan fingerprint density at radius 2 is 2.11 bits per heavy atom. The van der Waals surface area contributed by atoms with Crippen LogP contribution >= 0.6 is 0 Å². The van der Waals surface area contributed by atoms with Crippen LogP contribution in [0.4, 0.5) is 18.0 Å². The second-order valence-corrected chi connectivity index (χ2v) is 3.95. The number of carbonyl (C=O) groups is 2. The van der Waals surface area contributed by atoms with Gasteiger partial charge in [0.25, 0.3) is 0 Å². The van der Waals surface area contributed by atoms with E-state index in [4.69, 9.17) is 10.2 Å². The molecule has 0 spiro atoms. The number of carbonyl (C=O) groups excluding carboxylic acids is 1. The maximum atomic E-state index is 12.3. The number of alkyl halides is 3. The number of urea groups is 1. The van der Waals surface area contributed by atoms with E-state index in [1.54, 1.807) is 0 Å². The molecule has 9 heteroatoms. The summed E-state index contributed by atoms with van der Waals surface area (Å²) in [4.78, 5) is 23.2. The highest BCUT2D eigenvalue weighted by Gasteiger charge is 2.35. The van der Waals surface area contributed by atoms with Crippen LogP contribution in [0.1, 0.15) is 6.42 Å². The zero-order chi connectivity index (χ0) is 14.6. The second-order valence-electron chi connectivity index (χ2n) is 3.95. The third-order valence-electron chi connectivity index (χ3n) is 2.64. The Balaban J connectivity index is 2.58. The summed E-state index contributed by atoms with van der Waals surface area (Å²) >= 11 is 0. The van der Waals surface area contributed by atoms with Gasteiger partial charge < -0.3 is 20.4 Å². The van der Waals surface area contributed by atoms with Crippen LogP contribution in [0.5, 0.6) is 0 Å². The van der Waals surface area contributed by atoms with Crippen molar-refractivity contribution in [2.45, 2.75) is 18.6 Å². The molecule has 1 atom stereocenters. The molecule has 0 aromatic rings. The van der Waals surface area contributed by atoms with Crippen LogP contribution in [0, 0.1) is 0 Å². The van der Waals surface area contributed by atoms with Crippen LogP contribution in [0.2, 0.25) is 0 Å². The normalized spacial score (nSPS) is 17.7. The predicted molar refractivity (Wildman–Crippen MR) is 57.4 cm³/mol. The van der Waals surface area contributed by atoms with Crippen molar-refractivity contribution in [1.82, 2.24) is 10.2 Å². The largest absolute Gasteiger partial charge is 0.480 e. The van der Waals surface area contributed by atoms with Crippen molar-refractivity contribution in [2.75, 3.05) is 19.7 Å². The van der Waals surface area contributed by atoms with Crippen molar-refractivity contribution in [1.29, 1.82) is 0 Å². The summed E-state index contributed by atoms with van der Waals surface area (Å²) in [5.41, 5.74) is -0.700. The molecule has 0 aliphatic carbocycles. The molecule has 1 aliphatic rings. The third kappa shape index (κ3) is 4.12. The van der Waals surface area contributed by atoms with Crippen molar-refractivity contribution < 1.29 is 33.0 Å². The minimum atomic E-state index is -4.41. The van der Waals surface area contributed by atoms with Crippen molar-refractivity contribution >= 4 is 12.0 Å². The average Bonchev–Trinajstić information content (AvgIpc) is 2.34. The standard InChI is InChI=1S/C10H13F3N2O4/c11-10(12,13)6-1-3-15(4-2-6)9(19)14-7(5-16)8(17)18/h1,7,16H,2-5H2,(H,14,19)(H,17,18)/t7-/m1/s1. The van der Waals surface area contributed by atoms with E-state index in [0.29, 0.717) is 0 Å².